The van der Waals surface area contributed by atoms with E-state index < -0.39 is 0 Å². The van der Waals surface area contributed by atoms with Crippen LogP contribution in [-0.2, 0) is 19.3 Å². The Hall–Kier alpha value is -0.260. The molecule has 0 aliphatic carbocycles. The number of rotatable bonds is 7. The Bertz CT molecular complexity index is 201. The average molecular weight is 250 g/mol. The maximum Gasteiger partial charge on any atom is 0.315 e. The Morgan fingerprint density at radius 1 is 1.38 bits per heavy atom. The van der Waals surface area contributed by atoms with Crippen molar-refractivity contribution in [2.75, 3.05) is 18.6 Å². The summed E-state index contributed by atoms with van der Waals surface area (Å²) in [6.45, 7) is 7.76. The molecule has 0 amide bonds. The van der Waals surface area contributed by atoms with Crippen LogP contribution < -0.4 is 0 Å². The fourth-order valence-corrected chi connectivity index (χ4v) is 1.67. The SMILES string of the molecule is COC(=O)CSCCC(C)OOC(C)(C)C. The van der Waals surface area contributed by atoms with Crippen molar-refractivity contribution < 1.29 is 19.3 Å². The first-order valence-corrected chi connectivity index (χ1v) is 6.49. The van der Waals surface area contributed by atoms with Crippen LogP contribution in [0.4, 0.5) is 0 Å². The minimum absolute atomic E-state index is 0.0318. The number of carbonyl (C=O) groups is 1. The quantitative estimate of drug-likeness (QED) is 0.300. The Kier molecular flexibility index (Phi) is 7.80. The van der Waals surface area contributed by atoms with Gasteiger partial charge in [-0.15, -0.1) is 0 Å². The molecule has 16 heavy (non-hydrogen) atoms. The summed E-state index contributed by atoms with van der Waals surface area (Å²) in [5, 5.41) is 0. The molecule has 0 fully saturated rings. The van der Waals surface area contributed by atoms with Gasteiger partial charge in [-0.1, -0.05) is 0 Å². The predicted molar refractivity (Wildman–Crippen MR) is 65.3 cm³/mol. The molecule has 0 aromatic heterocycles. The summed E-state index contributed by atoms with van der Waals surface area (Å²) in [5.74, 6) is 1.05. The van der Waals surface area contributed by atoms with Gasteiger partial charge in [0.25, 0.3) is 0 Å². The van der Waals surface area contributed by atoms with Crippen molar-refractivity contribution in [3.8, 4) is 0 Å². The predicted octanol–water partition coefficient (Wildman–Crippen LogP) is 2.42. The lowest BCUT2D eigenvalue weighted by molar-refractivity contribution is -0.370. The fourth-order valence-electron chi connectivity index (χ4n) is 0.738. The number of esters is 1. The van der Waals surface area contributed by atoms with Crippen LogP contribution in [0.3, 0.4) is 0 Å². The summed E-state index contributed by atoms with van der Waals surface area (Å²) in [4.78, 5) is 21.2. The monoisotopic (exact) mass is 250 g/mol. The molecule has 0 aromatic carbocycles. The molecule has 0 N–H and O–H groups in total. The highest BCUT2D eigenvalue weighted by atomic mass is 32.2. The third kappa shape index (κ3) is 10.3. The average Bonchev–Trinajstić information content (AvgIpc) is 2.20. The molecule has 0 aliphatic rings. The van der Waals surface area contributed by atoms with Gasteiger partial charge >= 0.3 is 5.97 Å². The minimum Gasteiger partial charge on any atom is -0.468 e. The van der Waals surface area contributed by atoms with Crippen LogP contribution in [0, 0.1) is 0 Å². The summed E-state index contributed by atoms with van der Waals surface area (Å²) in [6, 6.07) is 0. The zero-order chi connectivity index (χ0) is 12.6. The summed E-state index contributed by atoms with van der Waals surface area (Å²) >= 11 is 1.54. The fraction of sp³-hybridized carbons (Fsp3) is 0.909. The third-order valence-corrected chi connectivity index (χ3v) is 2.54. The van der Waals surface area contributed by atoms with E-state index in [1.54, 1.807) is 0 Å². The van der Waals surface area contributed by atoms with Crippen molar-refractivity contribution >= 4 is 17.7 Å². The summed E-state index contributed by atoms with van der Waals surface area (Å²) < 4.78 is 4.53. The summed E-state index contributed by atoms with van der Waals surface area (Å²) in [6.07, 6.45) is 0.877. The zero-order valence-electron chi connectivity index (χ0n) is 10.7. The van der Waals surface area contributed by atoms with E-state index in [9.17, 15) is 4.79 Å². The van der Waals surface area contributed by atoms with Crippen LogP contribution >= 0.6 is 11.8 Å². The highest BCUT2D eigenvalue weighted by molar-refractivity contribution is 7.99. The van der Waals surface area contributed by atoms with E-state index in [0.29, 0.717) is 5.75 Å². The Labute approximate surface area is 102 Å². The molecule has 0 radical (unpaired) electrons. The van der Waals surface area contributed by atoms with Gasteiger partial charge in [-0.05, 0) is 39.9 Å². The molecule has 0 heterocycles. The first-order chi connectivity index (χ1) is 7.35. The van der Waals surface area contributed by atoms with E-state index in [4.69, 9.17) is 9.78 Å². The molecule has 0 bridgehead atoms. The van der Waals surface area contributed by atoms with Gasteiger partial charge in [0.1, 0.15) is 0 Å². The first kappa shape index (κ1) is 15.7. The van der Waals surface area contributed by atoms with Crippen LogP contribution in [0.5, 0.6) is 0 Å². The standard InChI is InChI=1S/C11H22O4S/c1-9(14-15-11(2,3)4)6-7-16-8-10(12)13-5/h9H,6-8H2,1-5H3. The lowest BCUT2D eigenvalue weighted by Gasteiger charge is -2.20. The van der Waals surface area contributed by atoms with Crippen molar-refractivity contribution in [3.63, 3.8) is 0 Å². The van der Waals surface area contributed by atoms with E-state index in [-0.39, 0.29) is 17.7 Å². The van der Waals surface area contributed by atoms with Crippen LogP contribution in [0.15, 0.2) is 0 Å². The topological polar surface area (TPSA) is 44.8 Å². The molecule has 4 nitrogen and oxygen atoms in total. The summed E-state index contributed by atoms with van der Waals surface area (Å²) in [5.41, 5.74) is -0.284. The van der Waals surface area contributed by atoms with Gasteiger partial charge < -0.3 is 4.74 Å². The largest absolute Gasteiger partial charge is 0.468 e. The maximum atomic E-state index is 10.8. The molecular formula is C11H22O4S. The Morgan fingerprint density at radius 2 is 2.00 bits per heavy atom. The smallest absolute Gasteiger partial charge is 0.315 e. The molecule has 0 saturated heterocycles. The second kappa shape index (κ2) is 7.92. The van der Waals surface area contributed by atoms with Crippen molar-refractivity contribution in [1.82, 2.24) is 0 Å². The van der Waals surface area contributed by atoms with Crippen LogP contribution in [0.25, 0.3) is 0 Å². The highest BCUT2D eigenvalue weighted by Gasteiger charge is 2.14. The van der Waals surface area contributed by atoms with Gasteiger partial charge in [0.05, 0.1) is 24.6 Å². The lowest BCUT2D eigenvalue weighted by Crippen LogP contribution is -2.23. The second-order valence-electron chi connectivity index (χ2n) is 4.52. The molecule has 0 aliphatic heterocycles. The lowest BCUT2D eigenvalue weighted by atomic mass is 10.2. The molecule has 1 atom stereocenters. The zero-order valence-corrected chi connectivity index (χ0v) is 11.6. The van der Waals surface area contributed by atoms with E-state index in [1.165, 1.54) is 18.9 Å². The molecule has 0 aromatic rings. The number of carbonyl (C=O) groups excluding carboxylic acids is 1. The Morgan fingerprint density at radius 3 is 2.50 bits per heavy atom. The minimum atomic E-state index is -0.284. The Balaban J connectivity index is 3.44. The van der Waals surface area contributed by atoms with Gasteiger partial charge in [-0.2, -0.15) is 11.8 Å². The number of ether oxygens (including phenoxy) is 1. The molecular weight excluding hydrogens is 228 g/mol. The van der Waals surface area contributed by atoms with Gasteiger partial charge in [0.2, 0.25) is 0 Å². The van der Waals surface area contributed by atoms with Gasteiger partial charge in [-0.25, -0.2) is 9.78 Å². The number of hydrogen-bond acceptors (Lipinski definition) is 5. The van der Waals surface area contributed by atoms with Crippen LogP contribution in [0.1, 0.15) is 34.1 Å². The molecule has 0 rings (SSSR count). The van der Waals surface area contributed by atoms with E-state index in [0.717, 1.165) is 12.2 Å². The van der Waals surface area contributed by atoms with E-state index in [2.05, 4.69) is 4.74 Å². The van der Waals surface area contributed by atoms with Crippen LogP contribution in [-0.4, -0.2) is 36.3 Å². The van der Waals surface area contributed by atoms with Crippen molar-refractivity contribution in [2.24, 2.45) is 0 Å². The highest BCUT2D eigenvalue weighted by Crippen LogP contribution is 2.12. The van der Waals surface area contributed by atoms with Gasteiger partial charge in [-0.3, -0.25) is 4.79 Å². The number of methoxy groups -OCH3 is 1. The first-order valence-electron chi connectivity index (χ1n) is 5.34. The molecule has 96 valence electrons. The maximum absolute atomic E-state index is 10.8. The third-order valence-electron chi connectivity index (χ3n) is 1.58. The molecule has 1 unspecified atom stereocenters. The number of thioether (sulfide) groups is 1. The van der Waals surface area contributed by atoms with Crippen molar-refractivity contribution in [2.45, 2.75) is 45.8 Å². The normalized spacial score (nSPS) is 13.6. The molecule has 5 heteroatoms. The van der Waals surface area contributed by atoms with Gasteiger partial charge in [0.15, 0.2) is 0 Å². The van der Waals surface area contributed by atoms with E-state index >= 15 is 0 Å². The van der Waals surface area contributed by atoms with Gasteiger partial charge in [0, 0.05) is 0 Å². The number of hydrogen-bond donors (Lipinski definition) is 0. The van der Waals surface area contributed by atoms with E-state index in [1.807, 2.05) is 27.7 Å². The van der Waals surface area contributed by atoms with Crippen LogP contribution in [0.2, 0.25) is 0 Å². The molecule has 0 spiro atoms. The summed E-state index contributed by atoms with van der Waals surface area (Å²) in [7, 11) is 1.39. The second-order valence-corrected chi connectivity index (χ2v) is 5.63. The van der Waals surface area contributed by atoms with Crippen molar-refractivity contribution in [1.29, 1.82) is 0 Å². The van der Waals surface area contributed by atoms with Crippen molar-refractivity contribution in [3.05, 3.63) is 0 Å². The molecule has 0 saturated carbocycles.